The molecule has 0 radical (unpaired) electrons. The SMILES string of the molecule is Cc1ccc(CS(=O)(=O)c2nnc([C@@H]([NH3+])CC(C)C)o2)cc1. The molecule has 0 saturated heterocycles. The highest BCUT2D eigenvalue weighted by atomic mass is 32.2. The second kappa shape index (κ2) is 6.58. The molecule has 0 aliphatic carbocycles. The van der Waals surface area contributed by atoms with E-state index in [0.717, 1.165) is 12.0 Å². The average molecular weight is 324 g/mol. The van der Waals surface area contributed by atoms with Gasteiger partial charge in [0.1, 0.15) is 0 Å². The smallest absolute Gasteiger partial charge is 0.336 e. The summed E-state index contributed by atoms with van der Waals surface area (Å²) in [4.78, 5) is 0. The highest BCUT2D eigenvalue weighted by molar-refractivity contribution is 7.90. The highest BCUT2D eigenvalue weighted by Gasteiger charge is 2.26. The number of quaternary nitrogens is 1. The Kier molecular flexibility index (Phi) is 4.97. The Balaban J connectivity index is 2.16. The van der Waals surface area contributed by atoms with Gasteiger partial charge in [-0.15, -0.1) is 5.10 Å². The van der Waals surface area contributed by atoms with Crippen molar-refractivity contribution in [1.29, 1.82) is 0 Å². The number of hydrogen-bond donors (Lipinski definition) is 1. The summed E-state index contributed by atoms with van der Waals surface area (Å²) < 4.78 is 30.0. The van der Waals surface area contributed by atoms with Crippen molar-refractivity contribution in [2.24, 2.45) is 5.92 Å². The largest absolute Gasteiger partial charge is 0.406 e. The van der Waals surface area contributed by atoms with Crippen LogP contribution >= 0.6 is 0 Å². The molecule has 0 bridgehead atoms. The summed E-state index contributed by atoms with van der Waals surface area (Å²) in [5.74, 6) is 0.541. The molecule has 0 saturated carbocycles. The van der Waals surface area contributed by atoms with Crippen LogP contribution < -0.4 is 5.73 Å². The number of aryl methyl sites for hydroxylation is 1. The van der Waals surface area contributed by atoms with Gasteiger partial charge in [-0.3, -0.25) is 0 Å². The van der Waals surface area contributed by atoms with Crippen molar-refractivity contribution in [2.75, 3.05) is 0 Å². The molecule has 22 heavy (non-hydrogen) atoms. The molecule has 7 heteroatoms. The number of hydrogen-bond acceptors (Lipinski definition) is 5. The third-order valence-electron chi connectivity index (χ3n) is 3.27. The Morgan fingerprint density at radius 3 is 2.41 bits per heavy atom. The van der Waals surface area contributed by atoms with Crippen molar-refractivity contribution in [3.63, 3.8) is 0 Å². The summed E-state index contributed by atoms with van der Waals surface area (Å²) in [7, 11) is -3.64. The lowest BCUT2D eigenvalue weighted by Crippen LogP contribution is -2.54. The summed E-state index contributed by atoms with van der Waals surface area (Å²) in [6, 6.07) is 7.12. The molecule has 0 aliphatic heterocycles. The van der Waals surface area contributed by atoms with Crippen LogP contribution in [0, 0.1) is 12.8 Å². The van der Waals surface area contributed by atoms with Crippen LogP contribution in [0.5, 0.6) is 0 Å². The van der Waals surface area contributed by atoms with Gasteiger partial charge in [-0.05, 0) is 18.4 Å². The number of sulfone groups is 1. The number of benzene rings is 1. The minimum Gasteiger partial charge on any atom is -0.406 e. The van der Waals surface area contributed by atoms with Crippen molar-refractivity contribution < 1.29 is 18.6 Å². The van der Waals surface area contributed by atoms with E-state index in [1.807, 2.05) is 19.1 Å². The molecule has 0 aliphatic rings. The molecule has 1 atom stereocenters. The van der Waals surface area contributed by atoms with Gasteiger partial charge >= 0.3 is 5.22 Å². The van der Waals surface area contributed by atoms with Gasteiger partial charge < -0.3 is 10.2 Å². The van der Waals surface area contributed by atoms with E-state index < -0.39 is 9.84 Å². The van der Waals surface area contributed by atoms with E-state index in [9.17, 15) is 8.42 Å². The molecular weight excluding hydrogens is 302 g/mol. The van der Waals surface area contributed by atoms with Gasteiger partial charge in [0, 0.05) is 6.42 Å². The van der Waals surface area contributed by atoms with Crippen LogP contribution in [0.1, 0.15) is 43.3 Å². The fourth-order valence-corrected chi connectivity index (χ4v) is 3.28. The normalized spacial score (nSPS) is 13.5. The Morgan fingerprint density at radius 1 is 1.18 bits per heavy atom. The van der Waals surface area contributed by atoms with Crippen molar-refractivity contribution in [3.8, 4) is 0 Å². The van der Waals surface area contributed by atoms with E-state index in [0.29, 0.717) is 11.5 Å². The summed E-state index contributed by atoms with van der Waals surface area (Å²) in [6.07, 6.45) is 0.764. The van der Waals surface area contributed by atoms with E-state index in [2.05, 4.69) is 29.8 Å². The summed E-state index contributed by atoms with van der Waals surface area (Å²) in [5, 5.41) is 7.19. The number of aromatic nitrogens is 2. The summed E-state index contributed by atoms with van der Waals surface area (Å²) in [6.45, 7) is 6.07. The summed E-state index contributed by atoms with van der Waals surface area (Å²) in [5.41, 5.74) is 5.72. The first kappa shape index (κ1) is 16.6. The standard InChI is InChI=1S/C15H21N3O3S/c1-10(2)8-13(16)14-17-18-15(21-14)22(19,20)9-12-6-4-11(3)5-7-12/h4-7,10,13H,8-9,16H2,1-3H3/p+1/t13-/m0/s1. The highest BCUT2D eigenvalue weighted by Crippen LogP contribution is 2.20. The zero-order valence-electron chi connectivity index (χ0n) is 13.1. The van der Waals surface area contributed by atoms with Gasteiger partial charge in [0.15, 0.2) is 6.04 Å². The second-order valence-electron chi connectivity index (χ2n) is 5.98. The summed E-state index contributed by atoms with van der Waals surface area (Å²) >= 11 is 0. The van der Waals surface area contributed by atoms with Gasteiger partial charge in [-0.25, -0.2) is 8.42 Å². The molecule has 1 aromatic heterocycles. The lowest BCUT2D eigenvalue weighted by Gasteiger charge is -2.06. The minimum atomic E-state index is -3.64. The van der Waals surface area contributed by atoms with Crippen LogP contribution in [0.2, 0.25) is 0 Å². The second-order valence-corrected chi connectivity index (χ2v) is 7.84. The lowest BCUT2D eigenvalue weighted by molar-refractivity contribution is -0.435. The predicted molar refractivity (Wildman–Crippen MR) is 81.5 cm³/mol. The van der Waals surface area contributed by atoms with E-state index in [1.165, 1.54) is 0 Å². The molecule has 6 nitrogen and oxygen atoms in total. The third-order valence-corrected chi connectivity index (χ3v) is 4.68. The van der Waals surface area contributed by atoms with Gasteiger partial charge in [0.05, 0.1) is 5.75 Å². The lowest BCUT2D eigenvalue weighted by atomic mass is 10.1. The Bertz CT molecular complexity index is 721. The maximum Gasteiger partial charge on any atom is 0.336 e. The average Bonchev–Trinajstić information content (AvgIpc) is 2.91. The van der Waals surface area contributed by atoms with E-state index >= 15 is 0 Å². The first-order chi connectivity index (χ1) is 10.3. The van der Waals surface area contributed by atoms with Crippen LogP contribution in [0.3, 0.4) is 0 Å². The Morgan fingerprint density at radius 2 is 1.82 bits per heavy atom. The fraction of sp³-hybridized carbons (Fsp3) is 0.467. The van der Waals surface area contributed by atoms with Gasteiger partial charge in [0.2, 0.25) is 9.84 Å². The molecule has 2 aromatic rings. The van der Waals surface area contributed by atoms with E-state index in [-0.39, 0.29) is 22.9 Å². The molecule has 3 N–H and O–H groups in total. The molecule has 0 fully saturated rings. The monoisotopic (exact) mass is 324 g/mol. The zero-order chi connectivity index (χ0) is 16.3. The molecule has 2 rings (SSSR count). The van der Waals surface area contributed by atoms with Crippen molar-refractivity contribution in [2.45, 2.75) is 44.2 Å². The van der Waals surface area contributed by atoms with E-state index in [4.69, 9.17) is 4.42 Å². The van der Waals surface area contributed by atoms with Gasteiger partial charge in [0.25, 0.3) is 5.89 Å². The molecule has 0 spiro atoms. The van der Waals surface area contributed by atoms with Gasteiger partial charge in [-0.1, -0.05) is 48.8 Å². The molecular formula is C15H22N3O3S+. The van der Waals surface area contributed by atoms with Crippen LogP contribution in [0.15, 0.2) is 33.9 Å². The fourth-order valence-electron chi connectivity index (χ4n) is 2.15. The van der Waals surface area contributed by atoms with Crippen molar-refractivity contribution >= 4 is 9.84 Å². The zero-order valence-corrected chi connectivity index (χ0v) is 13.9. The molecule has 120 valence electrons. The van der Waals surface area contributed by atoms with Gasteiger partial charge in [-0.2, -0.15) is 0 Å². The quantitative estimate of drug-likeness (QED) is 0.871. The minimum absolute atomic E-state index is 0.152. The maximum atomic E-state index is 12.3. The third kappa shape index (κ3) is 4.14. The van der Waals surface area contributed by atoms with E-state index in [1.54, 1.807) is 12.1 Å². The maximum absolute atomic E-state index is 12.3. The van der Waals surface area contributed by atoms with Crippen LogP contribution in [0.25, 0.3) is 0 Å². The Labute approximate surface area is 130 Å². The molecule has 0 unspecified atom stereocenters. The van der Waals surface area contributed by atoms with Crippen LogP contribution in [-0.2, 0) is 15.6 Å². The van der Waals surface area contributed by atoms with Crippen LogP contribution in [-0.4, -0.2) is 18.6 Å². The Hall–Kier alpha value is -1.73. The van der Waals surface area contributed by atoms with Crippen molar-refractivity contribution in [1.82, 2.24) is 10.2 Å². The first-order valence-corrected chi connectivity index (χ1v) is 8.88. The molecule has 1 heterocycles. The topological polar surface area (TPSA) is 101 Å². The first-order valence-electron chi connectivity index (χ1n) is 7.22. The number of rotatable bonds is 6. The molecule has 1 aromatic carbocycles. The van der Waals surface area contributed by atoms with Crippen LogP contribution in [0.4, 0.5) is 0 Å². The number of nitrogens with zero attached hydrogens (tertiary/aromatic N) is 2. The predicted octanol–water partition coefficient (Wildman–Crippen LogP) is 1.68. The molecule has 0 amide bonds. The van der Waals surface area contributed by atoms with Crippen molar-refractivity contribution in [3.05, 3.63) is 41.3 Å².